The maximum Gasteiger partial charge on any atom is 0.234 e. The first-order chi connectivity index (χ1) is 12.7. The molecule has 3 rings (SSSR count). The standard InChI is InChI=1S/C18H16FN5OS/c1-2-9-24-17(13-5-4-8-20-11-13)22-23-18(24)26-12-16(25)21-15-7-3-6-14(19)10-15/h2-8,10-11H,1,9,12H2,(H,21,25). The van der Waals surface area contributed by atoms with E-state index in [0.717, 1.165) is 5.56 Å². The quantitative estimate of drug-likeness (QED) is 0.510. The van der Waals surface area contributed by atoms with Crippen LogP contribution in [0.15, 0.2) is 66.6 Å². The molecule has 0 aliphatic rings. The number of allylic oxidation sites excluding steroid dienone is 1. The van der Waals surface area contributed by atoms with Crippen LogP contribution in [0.4, 0.5) is 10.1 Å². The summed E-state index contributed by atoms with van der Waals surface area (Å²) < 4.78 is 15.0. The minimum Gasteiger partial charge on any atom is -0.325 e. The number of hydrogen-bond donors (Lipinski definition) is 1. The minimum absolute atomic E-state index is 0.124. The van der Waals surface area contributed by atoms with Gasteiger partial charge in [-0.25, -0.2) is 4.39 Å². The molecule has 2 heterocycles. The molecule has 6 nitrogen and oxygen atoms in total. The van der Waals surface area contributed by atoms with Crippen LogP contribution in [0.2, 0.25) is 0 Å². The fourth-order valence-corrected chi connectivity index (χ4v) is 3.04. The predicted molar refractivity (Wildman–Crippen MR) is 99.2 cm³/mol. The van der Waals surface area contributed by atoms with Crippen LogP contribution in [0, 0.1) is 5.82 Å². The molecule has 0 aliphatic carbocycles. The summed E-state index contributed by atoms with van der Waals surface area (Å²) in [5.41, 5.74) is 1.25. The van der Waals surface area contributed by atoms with E-state index in [1.165, 1.54) is 23.9 Å². The third-order valence-electron chi connectivity index (χ3n) is 3.39. The average Bonchev–Trinajstić information content (AvgIpc) is 3.04. The van der Waals surface area contributed by atoms with Gasteiger partial charge in [0.15, 0.2) is 11.0 Å². The Morgan fingerprint density at radius 3 is 2.92 bits per heavy atom. The van der Waals surface area contributed by atoms with Gasteiger partial charge in [-0.1, -0.05) is 23.9 Å². The molecule has 1 aromatic carbocycles. The van der Waals surface area contributed by atoms with Crippen molar-refractivity contribution in [2.75, 3.05) is 11.1 Å². The summed E-state index contributed by atoms with van der Waals surface area (Å²) in [5.74, 6) is 0.128. The molecule has 8 heteroatoms. The van der Waals surface area contributed by atoms with Gasteiger partial charge >= 0.3 is 0 Å². The molecule has 1 N–H and O–H groups in total. The van der Waals surface area contributed by atoms with Gasteiger partial charge in [0, 0.05) is 30.2 Å². The van der Waals surface area contributed by atoms with Crippen LogP contribution in [-0.4, -0.2) is 31.4 Å². The lowest BCUT2D eigenvalue weighted by Gasteiger charge is -2.08. The van der Waals surface area contributed by atoms with Crippen molar-refractivity contribution < 1.29 is 9.18 Å². The van der Waals surface area contributed by atoms with Gasteiger partial charge in [0.25, 0.3) is 0 Å². The van der Waals surface area contributed by atoms with E-state index in [9.17, 15) is 9.18 Å². The second kappa shape index (κ2) is 8.39. The summed E-state index contributed by atoms with van der Waals surface area (Å²) in [6.07, 6.45) is 5.12. The lowest BCUT2D eigenvalue weighted by atomic mass is 10.3. The number of amides is 1. The number of carbonyl (C=O) groups excluding carboxylic acids is 1. The van der Waals surface area contributed by atoms with E-state index in [1.54, 1.807) is 30.6 Å². The second-order valence-corrected chi connectivity index (χ2v) is 6.24. The third kappa shape index (κ3) is 4.34. The molecule has 0 saturated carbocycles. The van der Waals surface area contributed by atoms with Gasteiger partial charge in [-0.2, -0.15) is 0 Å². The first-order valence-corrected chi connectivity index (χ1v) is 8.78. The molecule has 2 aromatic heterocycles. The van der Waals surface area contributed by atoms with E-state index in [-0.39, 0.29) is 11.7 Å². The summed E-state index contributed by atoms with van der Waals surface area (Å²) in [6, 6.07) is 9.47. The average molecular weight is 369 g/mol. The van der Waals surface area contributed by atoms with E-state index < -0.39 is 5.82 Å². The van der Waals surface area contributed by atoms with Gasteiger partial charge < -0.3 is 5.32 Å². The van der Waals surface area contributed by atoms with Crippen LogP contribution in [-0.2, 0) is 11.3 Å². The van der Waals surface area contributed by atoms with Crippen LogP contribution < -0.4 is 5.32 Å². The summed E-state index contributed by atoms with van der Waals surface area (Å²) in [4.78, 5) is 16.2. The van der Waals surface area contributed by atoms with Crippen LogP contribution in [0.5, 0.6) is 0 Å². The number of rotatable bonds is 7. The van der Waals surface area contributed by atoms with Crippen molar-refractivity contribution in [1.29, 1.82) is 0 Å². The Bertz CT molecular complexity index is 913. The highest BCUT2D eigenvalue weighted by atomic mass is 32.2. The molecule has 0 unspecified atom stereocenters. The lowest BCUT2D eigenvalue weighted by molar-refractivity contribution is -0.113. The number of halogens is 1. The second-order valence-electron chi connectivity index (χ2n) is 5.29. The van der Waals surface area contributed by atoms with Gasteiger partial charge in [0.1, 0.15) is 5.82 Å². The van der Waals surface area contributed by atoms with E-state index in [2.05, 4.69) is 27.1 Å². The summed E-state index contributed by atoms with van der Waals surface area (Å²) in [5, 5.41) is 11.6. The Morgan fingerprint density at radius 2 is 2.19 bits per heavy atom. The number of pyridine rings is 1. The number of anilines is 1. The van der Waals surface area contributed by atoms with Gasteiger partial charge in [-0.3, -0.25) is 14.3 Å². The maximum atomic E-state index is 13.2. The van der Waals surface area contributed by atoms with E-state index in [4.69, 9.17) is 0 Å². The number of nitrogens with zero attached hydrogens (tertiary/aromatic N) is 4. The Hall–Kier alpha value is -3.00. The first-order valence-electron chi connectivity index (χ1n) is 7.80. The molecule has 132 valence electrons. The predicted octanol–water partition coefficient (Wildman–Crippen LogP) is 3.40. The topological polar surface area (TPSA) is 72.7 Å². The summed E-state index contributed by atoms with van der Waals surface area (Å²) in [6.45, 7) is 4.26. The fourth-order valence-electron chi connectivity index (χ4n) is 2.29. The molecular weight excluding hydrogens is 353 g/mol. The van der Waals surface area contributed by atoms with Gasteiger partial charge in [0.2, 0.25) is 5.91 Å². The SMILES string of the molecule is C=CCn1c(SCC(=O)Nc2cccc(F)c2)nnc1-c1cccnc1. The van der Waals surface area contributed by atoms with Crippen molar-refractivity contribution in [2.45, 2.75) is 11.7 Å². The van der Waals surface area contributed by atoms with Crippen LogP contribution in [0.25, 0.3) is 11.4 Å². The van der Waals surface area contributed by atoms with Gasteiger partial charge in [-0.05, 0) is 30.3 Å². The minimum atomic E-state index is -0.401. The Kier molecular flexibility index (Phi) is 5.75. The molecule has 0 saturated heterocycles. The van der Waals surface area contributed by atoms with E-state index >= 15 is 0 Å². The summed E-state index contributed by atoms with van der Waals surface area (Å²) >= 11 is 1.25. The molecule has 3 aromatic rings. The van der Waals surface area contributed by atoms with E-state index in [1.807, 2.05) is 16.7 Å². The highest BCUT2D eigenvalue weighted by Gasteiger charge is 2.15. The van der Waals surface area contributed by atoms with Crippen LogP contribution in [0.3, 0.4) is 0 Å². The summed E-state index contributed by atoms with van der Waals surface area (Å²) in [7, 11) is 0. The van der Waals surface area contributed by atoms with Crippen LogP contribution in [0.1, 0.15) is 0 Å². The van der Waals surface area contributed by atoms with Crippen molar-refractivity contribution in [3.63, 3.8) is 0 Å². The molecule has 0 radical (unpaired) electrons. The van der Waals surface area contributed by atoms with Gasteiger partial charge in [-0.15, -0.1) is 16.8 Å². The zero-order valence-electron chi connectivity index (χ0n) is 13.8. The number of benzene rings is 1. The Balaban J connectivity index is 1.70. The largest absolute Gasteiger partial charge is 0.325 e. The van der Waals surface area contributed by atoms with Crippen molar-refractivity contribution in [3.05, 3.63) is 67.3 Å². The number of thioether (sulfide) groups is 1. The zero-order valence-corrected chi connectivity index (χ0v) is 14.6. The number of carbonyl (C=O) groups is 1. The molecule has 26 heavy (non-hydrogen) atoms. The van der Waals surface area contributed by atoms with Crippen molar-refractivity contribution in [1.82, 2.24) is 19.7 Å². The molecule has 0 spiro atoms. The Labute approximate surface area is 154 Å². The monoisotopic (exact) mass is 369 g/mol. The third-order valence-corrected chi connectivity index (χ3v) is 4.36. The lowest BCUT2D eigenvalue weighted by Crippen LogP contribution is -2.14. The van der Waals surface area contributed by atoms with Crippen molar-refractivity contribution in [3.8, 4) is 11.4 Å². The van der Waals surface area contributed by atoms with Gasteiger partial charge in [0.05, 0.1) is 5.75 Å². The number of aromatic nitrogens is 4. The zero-order chi connectivity index (χ0) is 18.4. The van der Waals surface area contributed by atoms with Crippen molar-refractivity contribution >= 4 is 23.4 Å². The molecule has 0 bridgehead atoms. The maximum absolute atomic E-state index is 13.2. The molecule has 1 amide bonds. The number of hydrogen-bond acceptors (Lipinski definition) is 5. The normalized spacial score (nSPS) is 10.5. The Morgan fingerprint density at radius 1 is 1.31 bits per heavy atom. The van der Waals surface area contributed by atoms with Crippen molar-refractivity contribution in [2.24, 2.45) is 0 Å². The van der Waals surface area contributed by atoms with E-state index in [0.29, 0.717) is 23.2 Å². The highest BCUT2D eigenvalue weighted by molar-refractivity contribution is 7.99. The smallest absolute Gasteiger partial charge is 0.234 e. The fraction of sp³-hybridized carbons (Fsp3) is 0.111. The molecule has 0 atom stereocenters. The van der Waals surface area contributed by atoms with Crippen LogP contribution >= 0.6 is 11.8 Å². The first kappa shape index (κ1) is 17.8. The highest BCUT2D eigenvalue weighted by Crippen LogP contribution is 2.23. The molecular formula is C18H16FN5OS. The molecule has 0 fully saturated rings. The molecule has 0 aliphatic heterocycles. The number of nitrogens with one attached hydrogen (secondary N) is 1.